The van der Waals surface area contributed by atoms with E-state index >= 15 is 0 Å². The van der Waals surface area contributed by atoms with Crippen molar-refractivity contribution < 1.29 is 14.7 Å². The molecule has 0 saturated carbocycles. The standard InChI is InChI=1S/C10H12N2O4/c1-2-7(10(15)16)12-9(14)6-3-4-8(13)11-5-6/h3-5,7H,2H2,1H3,(H,11,13)(H,12,14)(H,15,16)/t7-/m1/s1. The lowest BCUT2D eigenvalue weighted by molar-refractivity contribution is -0.139. The summed E-state index contributed by atoms with van der Waals surface area (Å²) < 4.78 is 0. The molecule has 0 saturated heterocycles. The lowest BCUT2D eigenvalue weighted by Gasteiger charge is -2.11. The third kappa shape index (κ3) is 2.94. The Kier molecular flexibility index (Phi) is 3.82. The van der Waals surface area contributed by atoms with Gasteiger partial charge in [-0.3, -0.25) is 9.59 Å². The van der Waals surface area contributed by atoms with Gasteiger partial charge in [0.2, 0.25) is 5.56 Å². The van der Waals surface area contributed by atoms with Crippen LogP contribution in [0.15, 0.2) is 23.1 Å². The average Bonchev–Trinajstić information content (AvgIpc) is 2.26. The molecular formula is C10H12N2O4. The minimum atomic E-state index is -1.08. The average molecular weight is 224 g/mol. The molecule has 1 amide bonds. The summed E-state index contributed by atoms with van der Waals surface area (Å²) in [5, 5.41) is 11.1. The van der Waals surface area contributed by atoms with E-state index in [0.29, 0.717) is 6.42 Å². The number of aromatic amines is 1. The van der Waals surface area contributed by atoms with Gasteiger partial charge in [0.05, 0.1) is 5.56 Å². The highest BCUT2D eigenvalue weighted by Crippen LogP contribution is 1.97. The van der Waals surface area contributed by atoms with Gasteiger partial charge in [-0.25, -0.2) is 4.79 Å². The van der Waals surface area contributed by atoms with Crippen molar-refractivity contribution in [3.63, 3.8) is 0 Å². The fourth-order valence-corrected chi connectivity index (χ4v) is 1.13. The number of H-pyrrole nitrogens is 1. The normalized spacial score (nSPS) is 11.8. The van der Waals surface area contributed by atoms with Gasteiger partial charge in [-0.05, 0) is 12.5 Å². The SMILES string of the molecule is CC[C@@H](NC(=O)c1ccc(=O)[nH]c1)C(=O)O. The van der Waals surface area contributed by atoms with Crippen molar-refractivity contribution in [2.75, 3.05) is 0 Å². The number of carbonyl (C=O) groups excluding carboxylic acids is 1. The highest BCUT2D eigenvalue weighted by atomic mass is 16.4. The maximum Gasteiger partial charge on any atom is 0.326 e. The van der Waals surface area contributed by atoms with Crippen LogP contribution in [0.2, 0.25) is 0 Å². The van der Waals surface area contributed by atoms with Crippen LogP contribution in [0, 0.1) is 0 Å². The van der Waals surface area contributed by atoms with E-state index in [-0.39, 0.29) is 11.1 Å². The Hall–Kier alpha value is -2.11. The summed E-state index contributed by atoms with van der Waals surface area (Å²) >= 11 is 0. The zero-order chi connectivity index (χ0) is 12.1. The van der Waals surface area contributed by atoms with E-state index < -0.39 is 17.9 Å². The van der Waals surface area contributed by atoms with Gasteiger partial charge in [-0.15, -0.1) is 0 Å². The lowest BCUT2D eigenvalue weighted by atomic mass is 10.2. The number of amides is 1. The van der Waals surface area contributed by atoms with Gasteiger partial charge in [-0.2, -0.15) is 0 Å². The number of carboxylic acid groups (broad SMARTS) is 1. The Morgan fingerprint density at radius 3 is 2.62 bits per heavy atom. The molecule has 3 N–H and O–H groups in total. The van der Waals surface area contributed by atoms with E-state index in [1.54, 1.807) is 6.92 Å². The van der Waals surface area contributed by atoms with Crippen molar-refractivity contribution in [2.45, 2.75) is 19.4 Å². The second-order valence-corrected chi connectivity index (χ2v) is 3.21. The van der Waals surface area contributed by atoms with Crippen molar-refractivity contribution in [1.29, 1.82) is 0 Å². The zero-order valence-electron chi connectivity index (χ0n) is 8.69. The minimum Gasteiger partial charge on any atom is -0.480 e. The maximum atomic E-state index is 11.5. The van der Waals surface area contributed by atoms with Crippen LogP contribution in [-0.4, -0.2) is 28.0 Å². The van der Waals surface area contributed by atoms with Crippen molar-refractivity contribution in [3.8, 4) is 0 Å². The molecule has 1 atom stereocenters. The number of carboxylic acids is 1. The van der Waals surface area contributed by atoms with Crippen LogP contribution in [0.1, 0.15) is 23.7 Å². The maximum absolute atomic E-state index is 11.5. The van der Waals surface area contributed by atoms with E-state index in [9.17, 15) is 14.4 Å². The molecule has 0 aromatic carbocycles. The van der Waals surface area contributed by atoms with Crippen molar-refractivity contribution in [2.24, 2.45) is 0 Å². The number of rotatable bonds is 4. The number of hydrogen-bond donors (Lipinski definition) is 3. The molecule has 0 aliphatic rings. The summed E-state index contributed by atoms with van der Waals surface area (Å²) in [4.78, 5) is 35.3. The fourth-order valence-electron chi connectivity index (χ4n) is 1.13. The second kappa shape index (κ2) is 5.11. The smallest absolute Gasteiger partial charge is 0.326 e. The number of aliphatic carboxylic acids is 1. The van der Waals surface area contributed by atoms with Crippen LogP contribution >= 0.6 is 0 Å². The minimum absolute atomic E-state index is 0.222. The van der Waals surface area contributed by atoms with Gasteiger partial charge in [-0.1, -0.05) is 6.92 Å². The van der Waals surface area contributed by atoms with Gasteiger partial charge in [0.1, 0.15) is 6.04 Å². The number of carbonyl (C=O) groups is 2. The Labute approximate surface area is 91.3 Å². The highest BCUT2D eigenvalue weighted by Gasteiger charge is 2.18. The number of aromatic nitrogens is 1. The molecule has 0 aliphatic carbocycles. The van der Waals surface area contributed by atoms with Crippen molar-refractivity contribution in [1.82, 2.24) is 10.3 Å². The molecular weight excluding hydrogens is 212 g/mol. The molecule has 16 heavy (non-hydrogen) atoms. The third-order valence-corrected chi connectivity index (χ3v) is 2.06. The summed E-state index contributed by atoms with van der Waals surface area (Å²) in [5.41, 5.74) is -0.0962. The number of hydrogen-bond acceptors (Lipinski definition) is 3. The van der Waals surface area contributed by atoms with Gasteiger partial charge >= 0.3 is 5.97 Å². The molecule has 86 valence electrons. The fraction of sp³-hybridized carbons (Fsp3) is 0.300. The van der Waals surface area contributed by atoms with Crippen LogP contribution in [0.25, 0.3) is 0 Å². The zero-order valence-corrected chi connectivity index (χ0v) is 8.69. The van der Waals surface area contributed by atoms with Crippen LogP contribution in [0.4, 0.5) is 0 Å². The summed E-state index contributed by atoms with van der Waals surface area (Å²) in [6, 6.07) is 1.62. The summed E-state index contributed by atoms with van der Waals surface area (Å²) in [7, 11) is 0. The highest BCUT2D eigenvalue weighted by molar-refractivity contribution is 5.96. The van der Waals surface area contributed by atoms with E-state index in [1.165, 1.54) is 18.3 Å². The summed E-state index contributed by atoms with van der Waals surface area (Å²) in [6.07, 6.45) is 1.54. The van der Waals surface area contributed by atoms with Crippen LogP contribution in [0.3, 0.4) is 0 Å². The predicted molar refractivity (Wildman–Crippen MR) is 56.2 cm³/mol. The number of nitrogens with one attached hydrogen (secondary N) is 2. The Morgan fingerprint density at radius 1 is 1.50 bits per heavy atom. The van der Waals surface area contributed by atoms with Gasteiger partial charge in [0, 0.05) is 12.3 Å². The van der Waals surface area contributed by atoms with Gasteiger partial charge in [0.15, 0.2) is 0 Å². The summed E-state index contributed by atoms with van der Waals surface area (Å²) in [5.74, 6) is -1.61. The molecule has 1 heterocycles. The molecule has 0 bridgehead atoms. The van der Waals surface area contributed by atoms with Gasteiger partial charge < -0.3 is 15.4 Å². The van der Waals surface area contributed by atoms with Crippen LogP contribution in [-0.2, 0) is 4.79 Å². The Balaban J connectivity index is 2.75. The van der Waals surface area contributed by atoms with E-state index in [0.717, 1.165) is 0 Å². The van der Waals surface area contributed by atoms with E-state index in [4.69, 9.17) is 5.11 Å². The number of pyridine rings is 1. The first-order valence-electron chi connectivity index (χ1n) is 4.77. The summed E-state index contributed by atoms with van der Waals surface area (Å²) in [6.45, 7) is 1.66. The third-order valence-electron chi connectivity index (χ3n) is 2.06. The van der Waals surface area contributed by atoms with Gasteiger partial charge in [0.25, 0.3) is 5.91 Å². The molecule has 1 aromatic heterocycles. The molecule has 0 spiro atoms. The molecule has 6 nitrogen and oxygen atoms in total. The molecule has 0 unspecified atom stereocenters. The molecule has 0 radical (unpaired) electrons. The molecule has 1 aromatic rings. The Bertz CT molecular complexity index is 432. The van der Waals surface area contributed by atoms with Crippen LogP contribution in [0.5, 0.6) is 0 Å². The lowest BCUT2D eigenvalue weighted by Crippen LogP contribution is -2.40. The van der Waals surface area contributed by atoms with Crippen molar-refractivity contribution >= 4 is 11.9 Å². The monoisotopic (exact) mass is 224 g/mol. The molecule has 0 fully saturated rings. The first kappa shape index (κ1) is 12.0. The quantitative estimate of drug-likeness (QED) is 0.668. The molecule has 0 aliphatic heterocycles. The topological polar surface area (TPSA) is 99.3 Å². The predicted octanol–water partition coefficient (Wildman–Crippen LogP) is -0.0321. The Morgan fingerprint density at radius 2 is 2.19 bits per heavy atom. The van der Waals surface area contributed by atoms with Crippen molar-refractivity contribution in [3.05, 3.63) is 34.2 Å². The van der Waals surface area contributed by atoms with E-state index in [2.05, 4.69) is 10.3 Å². The second-order valence-electron chi connectivity index (χ2n) is 3.21. The molecule has 1 rings (SSSR count). The first-order valence-corrected chi connectivity index (χ1v) is 4.77. The first-order chi connectivity index (χ1) is 7.54. The molecule has 6 heteroatoms. The van der Waals surface area contributed by atoms with Crippen LogP contribution < -0.4 is 10.9 Å². The largest absolute Gasteiger partial charge is 0.480 e. The van der Waals surface area contributed by atoms with E-state index in [1.807, 2.05) is 0 Å².